The van der Waals surface area contributed by atoms with Gasteiger partial charge in [0, 0.05) is 23.1 Å². The van der Waals surface area contributed by atoms with E-state index >= 15 is 0 Å². The van der Waals surface area contributed by atoms with Crippen molar-refractivity contribution in [2.75, 3.05) is 0 Å². The smallest absolute Gasteiger partial charge is 0.252 e. The van der Waals surface area contributed by atoms with Crippen LogP contribution in [0.25, 0.3) is 0 Å². The number of hydrogen-bond donors (Lipinski definition) is 0. The molecule has 1 fully saturated rings. The van der Waals surface area contributed by atoms with Crippen LogP contribution in [0.4, 0.5) is 0 Å². The Labute approximate surface area is 117 Å². The lowest BCUT2D eigenvalue weighted by atomic mass is 10.1. The van der Waals surface area contributed by atoms with Crippen LogP contribution in [0.5, 0.6) is 0 Å². The molecule has 1 heterocycles. The Hall–Kier alpha value is -0.260. The molecular formula is C11H16Cl2N2O2S. The normalized spacial score (nSPS) is 16.5. The predicted octanol–water partition coefficient (Wildman–Crippen LogP) is 3.39. The lowest BCUT2D eigenvalue weighted by Gasteiger charge is -2.05. The first-order valence-electron chi connectivity index (χ1n) is 6.01. The van der Waals surface area contributed by atoms with Gasteiger partial charge >= 0.3 is 0 Å². The highest BCUT2D eigenvalue weighted by Crippen LogP contribution is 2.44. The Kier molecular flexibility index (Phi) is 3.95. The molecule has 18 heavy (non-hydrogen) atoms. The molecule has 2 rings (SSSR count). The second kappa shape index (κ2) is 5.02. The first-order chi connectivity index (χ1) is 8.30. The molecule has 1 aliphatic carbocycles. The Morgan fingerprint density at radius 1 is 1.44 bits per heavy atom. The van der Waals surface area contributed by atoms with Crippen molar-refractivity contribution in [1.29, 1.82) is 0 Å². The second-order valence-electron chi connectivity index (χ2n) is 5.12. The highest BCUT2D eigenvalue weighted by Gasteiger charge is 2.36. The van der Waals surface area contributed by atoms with Gasteiger partial charge in [0.1, 0.15) is 10.0 Å². The molecule has 0 unspecified atom stereocenters. The summed E-state index contributed by atoms with van der Waals surface area (Å²) in [6.07, 6.45) is 2.81. The highest BCUT2D eigenvalue weighted by atomic mass is 35.7. The summed E-state index contributed by atoms with van der Waals surface area (Å²) >= 11 is 6.11. The lowest BCUT2D eigenvalue weighted by Crippen LogP contribution is -2.04. The average molecular weight is 311 g/mol. The molecule has 0 amide bonds. The van der Waals surface area contributed by atoms with E-state index < -0.39 is 9.05 Å². The Balaban J connectivity index is 2.38. The fourth-order valence-electron chi connectivity index (χ4n) is 1.82. The van der Waals surface area contributed by atoms with E-state index in [1.165, 1.54) is 0 Å². The number of hydrogen-bond acceptors (Lipinski definition) is 3. The van der Waals surface area contributed by atoms with Crippen LogP contribution in [-0.4, -0.2) is 18.2 Å². The van der Waals surface area contributed by atoms with Gasteiger partial charge in [-0.1, -0.05) is 25.4 Å². The van der Waals surface area contributed by atoms with E-state index in [1.807, 2.05) is 0 Å². The monoisotopic (exact) mass is 310 g/mol. The summed E-state index contributed by atoms with van der Waals surface area (Å²) in [5.74, 6) is 0.706. The maximum Gasteiger partial charge on any atom is 0.266 e. The van der Waals surface area contributed by atoms with E-state index in [2.05, 4.69) is 18.9 Å². The van der Waals surface area contributed by atoms with Gasteiger partial charge in [-0.15, -0.1) is 0 Å². The third-order valence-electron chi connectivity index (χ3n) is 3.00. The lowest BCUT2D eigenvalue weighted by molar-refractivity contribution is 0.485. The van der Waals surface area contributed by atoms with E-state index in [4.69, 9.17) is 22.3 Å². The van der Waals surface area contributed by atoms with Crippen molar-refractivity contribution in [3.05, 3.63) is 10.8 Å². The van der Waals surface area contributed by atoms with Gasteiger partial charge in [-0.05, 0) is 25.2 Å². The number of aromatic nitrogens is 2. The van der Waals surface area contributed by atoms with Gasteiger partial charge in [0.05, 0.1) is 5.69 Å². The van der Waals surface area contributed by atoms with Crippen molar-refractivity contribution in [3.63, 3.8) is 0 Å². The van der Waals surface area contributed by atoms with Crippen molar-refractivity contribution in [2.24, 2.45) is 5.92 Å². The van der Waals surface area contributed by atoms with Gasteiger partial charge < -0.3 is 0 Å². The van der Waals surface area contributed by atoms with Crippen LogP contribution in [0.3, 0.4) is 0 Å². The maximum atomic E-state index is 11.6. The minimum atomic E-state index is -3.83. The molecule has 4 nitrogen and oxygen atoms in total. The first kappa shape index (κ1) is 14.2. The average Bonchev–Trinajstić information content (AvgIpc) is 2.99. The second-order valence-corrected chi connectivity index (χ2v) is 7.98. The van der Waals surface area contributed by atoms with Crippen LogP contribution in [0.2, 0.25) is 5.15 Å². The summed E-state index contributed by atoms with van der Waals surface area (Å²) in [5, 5.41) is 4.48. The minimum Gasteiger partial charge on any atom is -0.252 e. The molecule has 0 radical (unpaired) electrons. The van der Waals surface area contributed by atoms with Crippen LogP contribution >= 0.6 is 22.3 Å². The quantitative estimate of drug-likeness (QED) is 0.783. The number of nitrogens with zero attached hydrogens (tertiary/aromatic N) is 2. The Bertz CT molecular complexity index is 548. The zero-order valence-electron chi connectivity index (χ0n) is 10.4. The van der Waals surface area contributed by atoms with E-state index in [-0.39, 0.29) is 16.0 Å². The van der Waals surface area contributed by atoms with Gasteiger partial charge in [-0.3, -0.25) is 4.68 Å². The van der Waals surface area contributed by atoms with Crippen LogP contribution in [0.15, 0.2) is 4.90 Å². The molecular weight excluding hydrogens is 295 g/mol. The summed E-state index contributed by atoms with van der Waals surface area (Å²) in [5.41, 5.74) is 0.541. The molecule has 0 aliphatic heterocycles. The molecule has 0 aromatic carbocycles. The Morgan fingerprint density at radius 3 is 2.50 bits per heavy atom. The van der Waals surface area contributed by atoms with Crippen LogP contribution < -0.4 is 0 Å². The highest BCUT2D eigenvalue weighted by molar-refractivity contribution is 8.13. The van der Waals surface area contributed by atoms with Gasteiger partial charge in [0.15, 0.2) is 0 Å². The zero-order chi connectivity index (χ0) is 13.5. The standard InChI is InChI=1S/C11H16Cl2N2O2S/c1-7(2)5-6-15-11(12)10(18(13,16)17)9(14-15)8-3-4-8/h7-8H,3-6H2,1-2H3. The molecule has 0 saturated heterocycles. The molecule has 0 spiro atoms. The van der Waals surface area contributed by atoms with E-state index in [0.717, 1.165) is 19.3 Å². The van der Waals surface area contributed by atoms with Crippen LogP contribution in [-0.2, 0) is 15.6 Å². The van der Waals surface area contributed by atoms with E-state index in [1.54, 1.807) is 4.68 Å². The number of aryl methyl sites for hydroxylation is 1. The van der Waals surface area contributed by atoms with E-state index in [9.17, 15) is 8.42 Å². The van der Waals surface area contributed by atoms with Gasteiger partial charge in [-0.2, -0.15) is 5.10 Å². The minimum absolute atomic E-state index is 0.0112. The number of rotatable bonds is 5. The van der Waals surface area contributed by atoms with Crippen molar-refractivity contribution >= 4 is 31.3 Å². The van der Waals surface area contributed by atoms with Crippen LogP contribution in [0.1, 0.15) is 44.7 Å². The third-order valence-corrected chi connectivity index (χ3v) is 4.85. The molecule has 0 bridgehead atoms. The molecule has 0 atom stereocenters. The molecule has 1 aromatic rings. The van der Waals surface area contributed by atoms with Gasteiger partial charge in [-0.25, -0.2) is 8.42 Å². The topological polar surface area (TPSA) is 52.0 Å². The van der Waals surface area contributed by atoms with Crippen molar-refractivity contribution in [1.82, 2.24) is 9.78 Å². The fraction of sp³-hybridized carbons (Fsp3) is 0.727. The molecule has 7 heteroatoms. The van der Waals surface area contributed by atoms with Gasteiger partial charge in [0.2, 0.25) is 0 Å². The van der Waals surface area contributed by atoms with Crippen LogP contribution in [0, 0.1) is 5.92 Å². The molecule has 0 N–H and O–H groups in total. The maximum absolute atomic E-state index is 11.6. The SMILES string of the molecule is CC(C)CCn1nc(C2CC2)c(S(=O)(=O)Cl)c1Cl. The summed E-state index contributed by atoms with van der Waals surface area (Å²) in [7, 11) is 1.62. The summed E-state index contributed by atoms with van der Waals surface area (Å²) in [4.78, 5) is 0.0112. The first-order valence-corrected chi connectivity index (χ1v) is 8.70. The molecule has 1 aliphatic rings. The summed E-state index contributed by atoms with van der Waals surface area (Å²) in [6, 6.07) is 0. The summed E-state index contributed by atoms with van der Waals surface area (Å²) in [6.45, 7) is 4.81. The fourth-order valence-corrected chi connectivity index (χ4v) is 3.68. The molecule has 1 saturated carbocycles. The third kappa shape index (κ3) is 3.00. The molecule has 1 aromatic heterocycles. The zero-order valence-corrected chi connectivity index (χ0v) is 12.7. The van der Waals surface area contributed by atoms with Gasteiger partial charge in [0.25, 0.3) is 9.05 Å². The summed E-state index contributed by atoms with van der Waals surface area (Å²) < 4.78 is 24.7. The van der Waals surface area contributed by atoms with E-state index in [0.29, 0.717) is 18.2 Å². The predicted molar refractivity (Wildman–Crippen MR) is 71.7 cm³/mol. The van der Waals surface area contributed by atoms with Crippen molar-refractivity contribution in [2.45, 2.75) is 50.5 Å². The van der Waals surface area contributed by atoms with Crippen molar-refractivity contribution in [3.8, 4) is 0 Å². The largest absolute Gasteiger partial charge is 0.266 e. The number of halogens is 2. The Morgan fingerprint density at radius 2 is 2.06 bits per heavy atom. The van der Waals surface area contributed by atoms with Crippen molar-refractivity contribution < 1.29 is 8.42 Å². The molecule has 102 valence electrons.